The van der Waals surface area contributed by atoms with Crippen LogP contribution in [0.3, 0.4) is 0 Å². The Morgan fingerprint density at radius 1 is 1.00 bits per heavy atom. The third-order valence-corrected chi connectivity index (χ3v) is 8.70. The average molecular weight is 726 g/mol. The van der Waals surface area contributed by atoms with Crippen LogP contribution in [0.2, 0.25) is 10.0 Å². The number of carbonyl (C=O) groups is 1. The van der Waals surface area contributed by atoms with Crippen molar-refractivity contribution in [1.82, 2.24) is 10.9 Å². The highest BCUT2D eigenvalue weighted by Crippen LogP contribution is 2.45. The molecule has 1 heterocycles. The second kappa shape index (κ2) is 15.3. The predicted molar refractivity (Wildman–Crippen MR) is 187 cm³/mol. The van der Waals surface area contributed by atoms with E-state index in [0.29, 0.717) is 52.4 Å². The van der Waals surface area contributed by atoms with Gasteiger partial charge in [0.15, 0.2) is 11.6 Å². The molecule has 4 aromatic rings. The lowest BCUT2D eigenvalue weighted by molar-refractivity contribution is -0.130. The molecule has 1 aliphatic heterocycles. The summed E-state index contributed by atoms with van der Waals surface area (Å²) in [4.78, 5) is 21.5. The molecule has 4 aromatic carbocycles. The molecule has 0 bridgehead atoms. The van der Waals surface area contributed by atoms with E-state index in [-0.39, 0.29) is 18.9 Å². The van der Waals surface area contributed by atoms with Crippen molar-refractivity contribution in [2.75, 3.05) is 32.2 Å². The Balaban J connectivity index is 1.51. The quantitative estimate of drug-likeness (QED) is 0.103. The van der Waals surface area contributed by atoms with Crippen molar-refractivity contribution in [3.8, 4) is 5.75 Å². The number of anilines is 1. The summed E-state index contributed by atoms with van der Waals surface area (Å²) in [6.07, 6.45) is -0.122. The normalized spacial score (nSPS) is 17.3. The van der Waals surface area contributed by atoms with Crippen LogP contribution >= 0.6 is 39.1 Å². The Bertz CT molecular complexity index is 1670. The maximum atomic E-state index is 14.4. The van der Waals surface area contributed by atoms with Gasteiger partial charge < -0.3 is 19.5 Å². The van der Waals surface area contributed by atoms with Crippen molar-refractivity contribution in [3.05, 3.63) is 128 Å². The number of aliphatic hydroxyl groups excluding tert-OH is 1. The van der Waals surface area contributed by atoms with E-state index in [4.69, 9.17) is 42.8 Å². The highest BCUT2D eigenvalue weighted by Gasteiger charge is 2.54. The number of carbonyl (C=O) groups excluding carboxylic acids is 1. The number of nitrogens with zero attached hydrogens (tertiary/aromatic N) is 2. The van der Waals surface area contributed by atoms with Crippen LogP contribution < -0.4 is 20.5 Å². The van der Waals surface area contributed by atoms with Crippen LogP contribution in [0.25, 0.3) is 0 Å². The number of hydrogen-bond acceptors (Lipinski definition) is 7. The van der Waals surface area contributed by atoms with Crippen molar-refractivity contribution in [2.24, 2.45) is 4.99 Å². The van der Waals surface area contributed by atoms with Crippen LogP contribution in [0.5, 0.6) is 5.75 Å². The van der Waals surface area contributed by atoms with E-state index in [1.807, 2.05) is 79.7 Å². The zero-order valence-electron chi connectivity index (χ0n) is 25.5. The van der Waals surface area contributed by atoms with E-state index in [2.05, 4.69) is 26.8 Å². The Morgan fingerprint density at radius 3 is 2.35 bits per heavy atom. The molecule has 1 amide bonds. The number of aliphatic hydroxyl groups is 1. The lowest BCUT2D eigenvalue weighted by atomic mass is 9.82. The van der Waals surface area contributed by atoms with E-state index in [1.165, 1.54) is 0 Å². The van der Waals surface area contributed by atoms with Gasteiger partial charge in [0.2, 0.25) is 5.90 Å². The highest BCUT2D eigenvalue weighted by molar-refractivity contribution is 9.10. The second-order valence-corrected chi connectivity index (χ2v) is 12.9. The Morgan fingerprint density at radius 2 is 1.70 bits per heavy atom. The molecule has 0 spiro atoms. The first-order valence-corrected chi connectivity index (χ1v) is 16.3. The molecular formula is C35H35BrCl2N4O4. The third-order valence-electron chi connectivity index (χ3n) is 7.61. The van der Waals surface area contributed by atoms with Crippen molar-refractivity contribution < 1.29 is 19.4 Å². The monoisotopic (exact) mass is 724 g/mol. The number of nitrogens with one attached hydrogen (secondary N) is 2. The fourth-order valence-electron chi connectivity index (χ4n) is 5.13. The van der Waals surface area contributed by atoms with Crippen molar-refractivity contribution in [2.45, 2.75) is 31.0 Å². The maximum absolute atomic E-state index is 14.4. The minimum absolute atomic E-state index is 0.0531. The van der Waals surface area contributed by atoms with Gasteiger partial charge in [0, 0.05) is 71.4 Å². The summed E-state index contributed by atoms with van der Waals surface area (Å²) in [6.45, 7) is 0.848. The standard InChI is InChI=1S/C35H35BrCl2N4O4/c1-42(2)28-13-6-24(7-14-28)22-39-41-34(44)35(21-23-4-10-26(36)11-5-23)32(30-17-12-27(37)20-31(30)38)46-33(40-35)25-8-15-29(16-9-25)45-19-3-18-43/h4-17,20,32,39,43H,3,18-19,21-22H2,1-2H3,(H,41,44)/t32-,35-/m0/s1. The van der Waals surface area contributed by atoms with Gasteiger partial charge in [-0.2, -0.15) is 0 Å². The zero-order valence-corrected chi connectivity index (χ0v) is 28.6. The molecule has 3 N–H and O–H groups in total. The number of hydrazine groups is 1. The predicted octanol–water partition coefficient (Wildman–Crippen LogP) is 6.90. The van der Waals surface area contributed by atoms with Gasteiger partial charge >= 0.3 is 0 Å². The van der Waals surface area contributed by atoms with E-state index in [1.54, 1.807) is 30.3 Å². The minimum atomic E-state index is -1.45. The minimum Gasteiger partial charge on any atom is -0.494 e. The molecule has 2 atom stereocenters. The third kappa shape index (κ3) is 8.03. The van der Waals surface area contributed by atoms with Gasteiger partial charge in [-0.25, -0.2) is 10.4 Å². The number of halogens is 3. The largest absolute Gasteiger partial charge is 0.494 e. The zero-order chi connectivity index (χ0) is 32.7. The molecular weight excluding hydrogens is 691 g/mol. The lowest BCUT2D eigenvalue weighted by Gasteiger charge is -2.31. The molecule has 240 valence electrons. The molecule has 8 nitrogen and oxygen atoms in total. The van der Waals surface area contributed by atoms with Gasteiger partial charge in [-0.1, -0.05) is 69.5 Å². The summed E-state index contributed by atoms with van der Waals surface area (Å²) in [5.41, 5.74) is 8.79. The summed E-state index contributed by atoms with van der Waals surface area (Å²) < 4.78 is 13.2. The first-order valence-electron chi connectivity index (χ1n) is 14.8. The van der Waals surface area contributed by atoms with Crippen LogP contribution in [0.15, 0.2) is 100 Å². The Hall–Kier alpha value is -3.60. The number of amides is 1. The summed E-state index contributed by atoms with van der Waals surface area (Å²) in [7, 11) is 3.98. The molecule has 46 heavy (non-hydrogen) atoms. The van der Waals surface area contributed by atoms with Gasteiger partial charge in [-0.15, -0.1) is 0 Å². The van der Waals surface area contributed by atoms with E-state index in [0.717, 1.165) is 21.3 Å². The summed E-state index contributed by atoms with van der Waals surface area (Å²) in [5.74, 6) is 0.564. The molecule has 0 aliphatic carbocycles. The van der Waals surface area contributed by atoms with E-state index >= 15 is 0 Å². The number of hydrogen-bond donors (Lipinski definition) is 3. The molecule has 5 rings (SSSR count). The molecule has 1 aliphatic rings. The maximum Gasteiger partial charge on any atom is 0.266 e. The number of rotatable bonds is 13. The van der Waals surface area contributed by atoms with E-state index in [9.17, 15) is 4.79 Å². The van der Waals surface area contributed by atoms with Crippen LogP contribution in [-0.2, 0) is 22.5 Å². The van der Waals surface area contributed by atoms with Crippen LogP contribution in [-0.4, -0.2) is 49.8 Å². The van der Waals surface area contributed by atoms with E-state index < -0.39 is 11.6 Å². The van der Waals surface area contributed by atoms with Gasteiger partial charge in [0.25, 0.3) is 5.91 Å². The topological polar surface area (TPSA) is 95.4 Å². The summed E-state index contributed by atoms with van der Waals surface area (Å²) in [6, 6.07) is 28.2. The fourth-order valence-corrected chi connectivity index (χ4v) is 5.91. The molecule has 0 radical (unpaired) electrons. The highest BCUT2D eigenvalue weighted by atomic mass is 79.9. The van der Waals surface area contributed by atoms with Gasteiger partial charge in [-0.05, 0) is 71.8 Å². The van der Waals surface area contributed by atoms with Gasteiger partial charge in [0.05, 0.1) is 6.61 Å². The van der Waals surface area contributed by atoms with Gasteiger partial charge in [-0.3, -0.25) is 10.2 Å². The molecule has 0 unspecified atom stereocenters. The summed E-state index contributed by atoms with van der Waals surface area (Å²) >= 11 is 16.5. The number of ether oxygens (including phenoxy) is 2. The van der Waals surface area contributed by atoms with Crippen LogP contribution in [0.1, 0.15) is 34.8 Å². The molecule has 11 heteroatoms. The van der Waals surface area contributed by atoms with Crippen molar-refractivity contribution >= 4 is 56.6 Å². The molecule has 0 saturated heterocycles. The van der Waals surface area contributed by atoms with Crippen molar-refractivity contribution in [3.63, 3.8) is 0 Å². The second-order valence-electron chi connectivity index (χ2n) is 11.1. The smallest absolute Gasteiger partial charge is 0.266 e. The van der Waals surface area contributed by atoms with Crippen LogP contribution in [0, 0.1) is 0 Å². The number of benzene rings is 4. The first-order chi connectivity index (χ1) is 22.2. The molecule has 0 fully saturated rings. The Kier molecular flexibility index (Phi) is 11.2. The summed E-state index contributed by atoms with van der Waals surface area (Å²) in [5, 5.41) is 9.90. The lowest BCUT2D eigenvalue weighted by Crippen LogP contribution is -2.53. The van der Waals surface area contributed by atoms with Crippen molar-refractivity contribution in [1.29, 1.82) is 0 Å². The fraction of sp³-hybridized carbons (Fsp3) is 0.257. The Labute approximate surface area is 287 Å². The van der Waals surface area contributed by atoms with Gasteiger partial charge in [0.1, 0.15) is 5.75 Å². The van der Waals surface area contributed by atoms with Crippen LogP contribution in [0.4, 0.5) is 5.69 Å². The number of aliphatic imine (C=N–C) groups is 1. The molecule has 0 saturated carbocycles. The molecule has 0 aromatic heterocycles. The first kappa shape index (κ1) is 33.8. The SMILES string of the molecule is CN(C)c1ccc(CNNC(=O)[C@@]2(Cc3ccc(Br)cc3)N=C(c3ccc(OCCCO)cc3)O[C@H]2c2ccc(Cl)cc2Cl)cc1. The average Bonchev–Trinajstić information content (AvgIpc) is 3.43.